The van der Waals surface area contributed by atoms with Crippen molar-refractivity contribution in [2.45, 2.75) is 9.10 Å². The summed E-state index contributed by atoms with van der Waals surface area (Å²) < 4.78 is 24.4. The van der Waals surface area contributed by atoms with Crippen molar-refractivity contribution in [2.24, 2.45) is 5.73 Å². The molecule has 0 aliphatic heterocycles. The van der Waals surface area contributed by atoms with E-state index in [2.05, 4.69) is 0 Å². The molecule has 2 N–H and O–H groups in total. The molecule has 2 rings (SSSR count). The molecule has 2 aromatic rings. The highest BCUT2D eigenvalue weighted by molar-refractivity contribution is 7.93. The molecule has 0 saturated heterocycles. The SMILES string of the molecule is NC(=O)c1ccc(S(=O)(=O)c2ccccc2)s1. The fourth-order valence-electron chi connectivity index (χ4n) is 1.31. The van der Waals surface area contributed by atoms with Gasteiger partial charge >= 0.3 is 0 Å². The topological polar surface area (TPSA) is 77.2 Å². The minimum absolute atomic E-state index is 0.123. The number of hydrogen-bond acceptors (Lipinski definition) is 4. The second-order valence-corrected chi connectivity index (χ2v) is 6.56. The molecular weight excluding hydrogens is 258 g/mol. The maximum atomic E-state index is 12.1. The van der Waals surface area contributed by atoms with Crippen molar-refractivity contribution in [1.82, 2.24) is 0 Å². The van der Waals surface area contributed by atoms with Gasteiger partial charge < -0.3 is 5.73 Å². The van der Waals surface area contributed by atoms with Gasteiger partial charge in [0.2, 0.25) is 9.84 Å². The highest BCUT2D eigenvalue weighted by atomic mass is 32.2. The van der Waals surface area contributed by atoms with Crippen LogP contribution < -0.4 is 5.73 Å². The molecule has 0 saturated carbocycles. The Labute approximate surface area is 103 Å². The lowest BCUT2D eigenvalue weighted by atomic mass is 10.4. The van der Waals surface area contributed by atoms with Gasteiger partial charge in [0.05, 0.1) is 9.77 Å². The van der Waals surface area contributed by atoms with Crippen molar-refractivity contribution in [3.05, 3.63) is 47.3 Å². The number of carbonyl (C=O) groups excluding carboxylic acids is 1. The van der Waals surface area contributed by atoms with E-state index in [-0.39, 0.29) is 14.0 Å². The van der Waals surface area contributed by atoms with Crippen LogP contribution in [0.4, 0.5) is 0 Å². The zero-order chi connectivity index (χ0) is 12.5. The number of benzene rings is 1. The Kier molecular flexibility index (Phi) is 2.99. The van der Waals surface area contributed by atoms with Gasteiger partial charge in [0.1, 0.15) is 4.21 Å². The van der Waals surface area contributed by atoms with Crippen LogP contribution in [0, 0.1) is 0 Å². The zero-order valence-corrected chi connectivity index (χ0v) is 10.3. The van der Waals surface area contributed by atoms with Crippen LogP contribution in [0.15, 0.2) is 51.6 Å². The van der Waals surface area contributed by atoms with Gasteiger partial charge in [-0.05, 0) is 24.3 Å². The van der Waals surface area contributed by atoms with E-state index in [1.807, 2.05) is 0 Å². The molecule has 0 aliphatic rings. The fraction of sp³-hybridized carbons (Fsp3) is 0. The molecule has 1 aromatic heterocycles. The molecule has 0 bridgehead atoms. The monoisotopic (exact) mass is 267 g/mol. The fourth-order valence-corrected chi connectivity index (χ4v) is 3.89. The number of carbonyl (C=O) groups is 1. The van der Waals surface area contributed by atoms with Gasteiger partial charge in [-0.15, -0.1) is 11.3 Å². The van der Waals surface area contributed by atoms with Crippen molar-refractivity contribution < 1.29 is 13.2 Å². The Bertz CT molecular complexity index is 644. The molecular formula is C11H9NO3S2. The van der Waals surface area contributed by atoms with E-state index in [1.165, 1.54) is 24.3 Å². The Morgan fingerprint density at radius 2 is 1.71 bits per heavy atom. The minimum Gasteiger partial charge on any atom is -0.365 e. The minimum atomic E-state index is -3.54. The molecule has 6 heteroatoms. The van der Waals surface area contributed by atoms with Crippen LogP contribution in [0.3, 0.4) is 0 Å². The van der Waals surface area contributed by atoms with Crippen LogP contribution in [0.2, 0.25) is 0 Å². The van der Waals surface area contributed by atoms with Crippen molar-refractivity contribution in [1.29, 1.82) is 0 Å². The van der Waals surface area contributed by atoms with Gasteiger partial charge in [-0.25, -0.2) is 8.42 Å². The second kappa shape index (κ2) is 4.31. The first-order chi connectivity index (χ1) is 8.01. The number of hydrogen-bond donors (Lipinski definition) is 1. The average molecular weight is 267 g/mol. The van der Waals surface area contributed by atoms with E-state index in [4.69, 9.17) is 5.73 Å². The van der Waals surface area contributed by atoms with Crippen LogP contribution in [0.25, 0.3) is 0 Å². The third-order valence-electron chi connectivity index (χ3n) is 2.14. The normalized spacial score (nSPS) is 11.3. The summed E-state index contributed by atoms with van der Waals surface area (Å²) >= 11 is 0.880. The molecule has 1 aromatic carbocycles. The molecule has 0 aliphatic carbocycles. The van der Waals surface area contributed by atoms with Crippen LogP contribution in [-0.4, -0.2) is 14.3 Å². The third-order valence-corrected chi connectivity index (χ3v) is 5.50. The summed E-state index contributed by atoms with van der Waals surface area (Å²) in [7, 11) is -3.54. The van der Waals surface area contributed by atoms with Crippen molar-refractivity contribution in [3.8, 4) is 0 Å². The first kappa shape index (κ1) is 11.8. The lowest BCUT2D eigenvalue weighted by molar-refractivity contribution is 0.100. The van der Waals surface area contributed by atoms with Gasteiger partial charge in [-0.2, -0.15) is 0 Å². The number of nitrogens with two attached hydrogens (primary N) is 1. The van der Waals surface area contributed by atoms with Crippen molar-refractivity contribution in [2.75, 3.05) is 0 Å². The quantitative estimate of drug-likeness (QED) is 0.919. The predicted molar refractivity (Wildman–Crippen MR) is 64.7 cm³/mol. The van der Waals surface area contributed by atoms with E-state index in [0.717, 1.165) is 11.3 Å². The lowest BCUT2D eigenvalue weighted by Crippen LogP contribution is -2.08. The standard InChI is InChI=1S/C11H9NO3S2/c12-11(13)9-6-7-10(16-9)17(14,15)8-4-2-1-3-5-8/h1-7H,(H2,12,13). The number of primary amides is 1. The molecule has 0 radical (unpaired) electrons. The highest BCUT2D eigenvalue weighted by Crippen LogP contribution is 2.27. The molecule has 0 fully saturated rings. The molecule has 4 nitrogen and oxygen atoms in total. The van der Waals surface area contributed by atoms with E-state index in [0.29, 0.717) is 0 Å². The van der Waals surface area contributed by atoms with Crippen molar-refractivity contribution in [3.63, 3.8) is 0 Å². The summed E-state index contributed by atoms with van der Waals surface area (Å²) in [5, 5.41) is 0. The predicted octanol–water partition coefficient (Wildman–Crippen LogP) is 1.68. The van der Waals surface area contributed by atoms with Crippen LogP contribution >= 0.6 is 11.3 Å². The summed E-state index contributed by atoms with van der Waals surface area (Å²) in [4.78, 5) is 11.4. The summed E-state index contributed by atoms with van der Waals surface area (Å²) in [6, 6.07) is 10.9. The van der Waals surface area contributed by atoms with E-state index in [9.17, 15) is 13.2 Å². The molecule has 0 unspecified atom stereocenters. The van der Waals surface area contributed by atoms with E-state index in [1.54, 1.807) is 18.2 Å². The first-order valence-corrected chi connectivity index (χ1v) is 7.01. The van der Waals surface area contributed by atoms with Crippen LogP contribution in [0.1, 0.15) is 9.67 Å². The van der Waals surface area contributed by atoms with E-state index >= 15 is 0 Å². The van der Waals surface area contributed by atoms with Crippen LogP contribution in [-0.2, 0) is 9.84 Å². The number of amides is 1. The van der Waals surface area contributed by atoms with Crippen molar-refractivity contribution >= 4 is 27.1 Å². The molecule has 17 heavy (non-hydrogen) atoms. The summed E-state index contributed by atoms with van der Waals surface area (Å²) in [5.74, 6) is -0.621. The largest absolute Gasteiger partial charge is 0.365 e. The smallest absolute Gasteiger partial charge is 0.258 e. The maximum absolute atomic E-state index is 12.1. The summed E-state index contributed by atoms with van der Waals surface area (Å²) in [6.45, 7) is 0. The first-order valence-electron chi connectivity index (χ1n) is 4.71. The highest BCUT2D eigenvalue weighted by Gasteiger charge is 2.20. The number of sulfone groups is 1. The Hall–Kier alpha value is -1.66. The Morgan fingerprint density at radius 3 is 2.24 bits per heavy atom. The van der Waals surface area contributed by atoms with Gasteiger partial charge in [-0.1, -0.05) is 18.2 Å². The molecule has 0 spiro atoms. The van der Waals surface area contributed by atoms with E-state index < -0.39 is 15.7 Å². The molecule has 1 amide bonds. The lowest BCUT2D eigenvalue weighted by Gasteiger charge is -2.00. The molecule has 1 heterocycles. The summed E-state index contributed by atoms with van der Waals surface area (Å²) in [5.41, 5.74) is 5.09. The third kappa shape index (κ3) is 2.22. The summed E-state index contributed by atoms with van der Waals surface area (Å²) in [6.07, 6.45) is 0. The van der Waals surface area contributed by atoms with Gasteiger partial charge in [0, 0.05) is 0 Å². The molecule has 88 valence electrons. The Morgan fingerprint density at radius 1 is 1.06 bits per heavy atom. The number of thiophene rings is 1. The average Bonchev–Trinajstić information content (AvgIpc) is 2.80. The zero-order valence-electron chi connectivity index (χ0n) is 8.66. The number of rotatable bonds is 3. The van der Waals surface area contributed by atoms with Crippen LogP contribution in [0.5, 0.6) is 0 Å². The second-order valence-electron chi connectivity index (χ2n) is 3.30. The van der Waals surface area contributed by atoms with Gasteiger partial charge in [0.15, 0.2) is 0 Å². The molecule has 0 atom stereocenters. The van der Waals surface area contributed by atoms with Gasteiger partial charge in [0.25, 0.3) is 5.91 Å². The Balaban J connectivity index is 2.49. The maximum Gasteiger partial charge on any atom is 0.258 e. The van der Waals surface area contributed by atoms with Gasteiger partial charge in [-0.3, -0.25) is 4.79 Å².